The first-order valence-electron chi connectivity index (χ1n) is 5.53. The molecule has 0 spiro atoms. The average Bonchev–Trinajstić information content (AvgIpc) is 2.94. The number of nitrogens with one attached hydrogen (secondary N) is 1. The number of sulfonamides is 1. The van der Waals surface area contributed by atoms with Crippen molar-refractivity contribution in [3.8, 4) is 0 Å². The first-order valence-corrected chi connectivity index (χ1v) is 7.78. The number of benzene rings is 1. The second-order valence-corrected chi connectivity index (χ2v) is 6.21. The normalized spacial score (nSPS) is 11.0. The standard InChI is InChI=1S/C10H8N4O6S2/c1-20-9(15)8-11-10(21-12-8)13-22(18,19)7-4-2-6(3-5-7)14(16)17/h2-5H,1H3,(H,11,12,13). The zero-order valence-corrected chi connectivity index (χ0v) is 12.6. The summed E-state index contributed by atoms with van der Waals surface area (Å²) in [5.74, 6) is -1.06. The van der Waals surface area contributed by atoms with Gasteiger partial charge in [-0.1, -0.05) is 0 Å². The molecule has 22 heavy (non-hydrogen) atoms. The van der Waals surface area contributed by atoms with Gasteiger partial charge >= 0.3 is 5.97 Å². The fourth-order valence-corrected chi connectivity index (χ4v) is 3.14. The number of carbonyl (C=O) groups excluding carboxylic acids is 1. The first kappa shape index (κ1) is 15.8. The van der Waals surface area contributed by atoms with E-state index < -0.39 is 20.9 Å². The van der Waals surface area contributed by atoms with Gasteiger partial charge in [0.2, 0.25) is 5.13 Å². The lowest BCUT2D eigenvalue weighted by Gasteiger charge is -2.04. The van der Waals surface area contributed by atoms with E-state index in [-0.39, 0.29) is 21.5 Å². The van der Waals surface area contributed by atoms with Crippen molar-refractivity contribution in [2.75, 3.05) is 11.8 Å². The number of methoxy groups -OCH3 is 1. The zero-order valence-electron chi connectivity index (χ0n) is 10.9. The highest BCUT2D eigenvalue weighted by atomic mass is 32.2. The molecule has 0 amide bonds. The molecule has 0 aliphatic rings. The first-order chi connectivity index (χ1) is 10.3. The minimum Gasteiger partial charge on any atom is -0.463 e. The van der Waals surface area contributed by atoms with Crippen molar-refractivity contribution in [1.82, 2.24) is 9.36 Å². The molecule has 1 aromatic carbocycles. The minimum absolute atomic E-state index is 0.126. The number of non-ortho nitro benzene ring substituents is 1. The van der Waals surface area contributed by atoms with Crippen LogP contribution < -0.4 is 4.72 Å². The summed E-state index contributed by atoms with van der Waals surface area (Å²) in [7, 11) is -2.85. The maximum atomic E-state index is 12.1. The van der Waals surface area contributed by atoms with E-state index in [0.29, 0.717) is 11.5 Å². The molecule has 1 heterocycles. The van der Waals surface area contributed by atoms with Gasteiger partial charge < -0.3 is 4.74 Å². The smallest absolute Gasteiger partial charge is 0.377 e. The van der Waals surface area contributed by atoms with Crippen molar-refractivity contribution in [3.05, 3.63) is 40.2 Å². The van der Waals surface area contributed by atoms with Gasteiger partial charge in [-0.25, -0.2) is 13.2 Å². The molecule has 116 valence electrons. The summed E-state index contributed by atoms with van der Waals surface area (Å²) in [6.45, 7) is 0. The molecule has 0 saturated heterocycles. The predicted molar refractivity (Wildman–Crippen MR) is 75.2 cm³/mol. The number of ether oxygens (including phenoxy) is 1. The summed E-state index contributed by atoms with van der Waals surface area (Å²) < 4.78 is 34.3. The molecule has 0 bridgehead atoms. The number of nitro groups is 1. The molecule has 1 N–H and O–H groups in total. The summed E-state index contributed by atoms with van der Waals surface area (Å²) in [6, 6.07) is 4.30. The van der Waals surface area contributed by atoms with Gasteiger partial charge in [0.25, 0.3) is 21.5 Å². The molecule has 0 fully saturated rings. The van der Waals surface area contributed by atoms with Crippen molar-refractivity contribution in [2.24, 2.45) is 0 Å². The Balaban J connectivity index is 2.22. The Morgan fingerprint density at radius 3 is 2.55 bits per heavy atom. The fraction of sp³-hybridized carbons (Fsp3) is 0.100. The van der Waals surface area contributed by atoms with Crippen LogP contribution in [0.15, 0.2) is 29.2 Å². The third kappa shape index (κ3) is 3.35. The Kier molecular flexibility index (Phi) is 4.32. The van der Waals surface area contributed by atoms with Gasteiger partial charge in [0.15, 0.2) is 0 Å². The van der Waals surface area contributed by atoms with E-state index in [1.165, 1.54) is 0 Å². The number of hydrogen-bond acceptors (Lipinski definition) is 9. The summed E-state index contributed by atoms with van der Waals surface area (Å²) in [5.41, 5.74) is -0.233. The Hall–Kier alpha value is -2.60. The van der Waals surface area contributed by atoms with E-state index in [9.17, 15) is 23.3 Å². The van der Waals surface area contributed by atoms with Crippen LogP contribution in [0.4, 0.5) is 10.8 Å². The lowest BCUT2D eigenvalue weighted by molar-refractivity contribution is -0.384. The monoisotopic (exact) mass is 344 g/mol. The van der Waals surface area contributed by atoms with E-state index in [2.05, 4.69) is 18.8 Å². The third-order valence-electron chi connectivity index (χ3n) is 2.37. The van der Waals surface area contributed by atoms with E-state index in [1.807, 2.05) is 0 Å². The molecule has 0 aliphatic heterocycles. The summed E-state index contributed by atoms with van der Waals surface area (Å²) >= 11 is 0.662. The van der Waals surface area contributed by atoms with Crippen LogP contribution in [0, 0.1) is 10.1 Å². The van der Waals surface area contributed by atoms with Crippen LogP contribution in [0.25, 0.3) is 0 Å². The van der Waals surface area contributed by atoms with Gasteiger partial charge in [-0.3, -0.25) is 14.8 Å². The van der Waals surface area contributed by atoms with Gasteiger partial charge in [-0.2, -0.15) is 9.36 Å². The highest BCUT2D eigenvalue weighted by Crippen LogP contribution is 2.20. The van der Waals surface area contributed by atoms with Gasteiger partial charge in [-0.05, 0) is 12.1 Å². The Bertz CT molecular complexity index is 814. The van der Waals surface area contributed by atoms with Gasteiger partial charge in [0.05, 0.1) is 16.9 Å². The molecule has 10 nitrogen and oxygen atoms in total. The highest BCUT2D eigenvalue weighted by molar-refractivity contribution is 7.93. The predicted octanol–water partition coefficient (Wildman–Crippen LogP) is 1.03. The molecular formula is C10H8N4O6S2. The van der Waals surface area contributed by atoms with Crippen molar-refractivity contribution in [2.45, 2.75) is 4.90 Å². The molecule has 2 aromatic rings. The van der Waals surface area contributed by atoms with Crippen molar-refractivity contribution < 1.29 is 22.9 Å². The summed E-state index contributed by atoms with van der Waals surface area (Å²) in [4.78, 5) is 24.6. The second-order valence-electron chi connectivity index (χ2n) is 3.77. The number of aromatic nitrogens is 2. The molecule has 12 heteroatoms. The number of nitrogens with zero attached hydrogens (tertiary/aromatic N) is 3. The van der Waals surface area contributed by atoms with E-state index in [1.54, 1.807) is 0 Å². The average molecular weight is 344 g/mol. The summed E-state index contributed by atoms with van der Waals surface area (Å²) in [6.07, 6.45) is 0. The Morgan fingerprint density at radius 2 is 2.00 bits per heavy atom. The molecule has 0 unspecified atom stereocenters. The molecule has 2 rings (SSSR count). The van der Waals surface area contributed by atoms with Gasteiger partial charge in [0, 0.05) is 23.7 Å². The number of carbonyl (C=O) groups is 1. The lowest BCUT2D eigenvalue weighted by atomic mass is 10.3. The summed E-state index contributed by atoms with van der Waals surface area (Å²) in [5, 5.41) is 10.4. The SMILES string of the molecule is COC(=O)c1nsc(NS(=O)(=O)c2ccc([N+](=O)[O-])cc2)n1. The Labute approximate surface area is 128 Å². The van der Waals surface area contributed by atoms with E-state index in [0.717, 1.165) is 31.4 Å². The largest absolute Gasteiger partial charge is 0.463 e. The molecule has 0 atom stereocenters. The lowest BCUT2D eigenvalue weighted by Crippen LogP contribution is -2.13. The number of esters is 1. The van der Waals surface area contributed by atoms with Crippen LogP contribution in [0.1, 0.15) is 10.6 Å². The molecule has 1 aromatic heterocycles. The van der Waals surface area contributed by atoms with Crippen LogP contribution in [-0.2, 0) is 14.8 Å². The maximum absolute atomic E-state index is 12.1. The number of nitro benzene ring substituents is 1. The fourth-order valence-electron chi connectivity index (χ4n) is 1.36. The topological polar surface area (TPSA) is 141 Å². The second kappa shape index (κ2) is 6.03. The Morgan fingerprint density at radius 1 is 1.36 bits per heavy atom. The number of anilines is 1. The highest BCUT2D eigenvalue weighted by Gasteiger charge is 2.20. The van der Waals surface area contributed by atoms with Crippen LogP contribution in [0.5, 0.6) is 0 Å². The number of hydrogen-bond donors (Lipinski definition) is 1. The van der Waals surface area contributed by atoms with Crippen LogP contribution in [-0.4, -0.2) is 35.8 Å². The maximum Gasteiger partial charge on any atom is 0.377 e. The van der Waals surface area contributed by atoms with E-state index >= 15 is 0 Å². The van der Waals surface area contributed by atoms with Crippen molar-refractivity contribution >= 4 is 38.3 Å². The minimum atomic E-state index is -3.99. The van der Waals surface area contributed by atoms with Gasteiger partial charge in [0.1, 0.15) is 0 Å². The third-order valence-corrected chi connectivity index (χ3v) is 4.49. The number of rotatable bonds is 5. The van der Waals surface area contributed by atoms with Crippen molar-refractivity contribution in [1.29, 1.82) is 0 Å². The zero-order chi connectivity index (χ0) is 16.3. The quantitative estimate of drug-likeness (QED) is 0.481. The molecule has 0 aliphatic carbocycles. The molecular weight excluding hydrogens is 336 g/mol. The van der Waals surface area contributed by atoms with Gasteiger partial charge in [-0.15, -0.1) is 0 Å². The molecule has 0 saturated carbocycles. The van der Waals surface area contributed by atoms with Crippen LogP contribution in [0.2, 0.25) is 0 Å². The molecule has 0 radical (unpaired) electrons. The van der Waals surface area contributed by atoms with Crippen LogP contribution in [0.3, 0.4) is 0 Å². The van der Waals surface area contributed by atoms with Crippen molar-refractivity contribution in [3.63, 3.8) is 0 Å². The van der Waals surface area contributed by atoms with E-state index in [4.69, 9.17) is 0 Å². The van der Waals surface area contributed by atoms with Crippen LogP contribution >= 0.6 is 11.5 Å².